The van der Waals surface area contributed by atoms with E-state index >= 15 is 0 Å². The SMILES string of the molecule is O=c1[nH]cc(-c2cccc(COCCOCCCCCCNC[C@H](O)c3ccc(O)c(CO)c3)c2)c(=O)[nH]1. The van der Waals surface area contributed by atoms with E-state index in [-0.39, 0.29) is 12.4 Å². The predicted octanol–water partition coefficient (Wildman–Crippen LogP) is 2.34. The Labute approximate surface area is 221 Å². The fourth-order valence-corrected chi connectivity index (χ4v) is 3.97. The highest BCUT2D eigenvalue weighted by molar-refractivity contribution is 5.61. The summed E-state index contributed by atoms with van der Waals surface area (Å²) in [5.41, 5.74) is 2.13. The van der Waals surface area contributed by atoms with E-state index < -0.39 is 17.4 Å². The van der Waals surface area contributed by atoms with Crippen molar-refractivity contribution in [3.8, 4) is 16.9 Å². The summed E-state index contributed by atoms with van der Waals surface area (Å²) in [6, 6.07) is 12.2. The van der Waals surface area contributed by atoms with Gasteiger partial charge in [-0.2, -0.15) is 0 Å². The lowest BCUT2D eigenvalue weighted by atomic mass is 10.1. The van der Waals surface area contributed by atoms with Gasteiger partial charge in [0.2, 0.25) is 0 Å². The molecule has 0 fully saturated rings. The van der Waals surface area contributed by atoms with Gasteiger partial charge in [-0.05, 0) is 54.3 Å². The predicted molar refractivity (Wildman–Crippen MR) is 144 cm³/mol. The third-order valence-electron chi connectivity index (χ3n) is 6.09. The number of aromatic hydroxyl groups is 1. The molecule has 10 nitrogen and oxygen atoms in total. The van der Waals surface area contributed by atoms with Gasteiger partial charge in [0.15, 0.2) is 0 Å². The standard InChI is InChI=1S/C28H37N3O7/c32-18-23-15-22(8-9-25(23)33)26(34)17-29-10-3-1-2-4-11-37-12-13-38-19-20-6-5-7-21(14-20)24-16-30-28(36)31-27(24)35/h5-9,14-16,26,29,32-34H,1-4,10-13,17-19H2,(H2,30,31,35,36)/t26-/m0/s1. The van der Waals surface area contributed by atoms with E-state index in [1.165, 1.54) is 12.3 Å². The van der Waals surface area contributed by atoms with Crippen molar-refractivity contribution in [3.05, 3.63) is 86.2 Å². The van der Waals surface area contributed by atoms with Gasteiger partial charge >= 0.3 is 5.69 Å². The molecule has 3 rings (SSSR count). The summed E-state index contributed by atoms with van der Waals surface area (Å²) >= 11 is 0. The average molecular weight is 528 g/mol. The summed E-state index contributed by atoms with van der Waals surface area (Å²) in [7, 11) is 0. The van der Waals surface area contributed by atoms with Crippen LogP contribution in [0.5, 0.6) is 5.75 Å². The van der Waals surface area contributed by atoms with Gasteiger partial charge in [0.25, 0.3) is 5.56 Å². The van der Waals surface area contributed by atoms with Gasteiger partial charge in [-0.3, -0.25) is 9.78 Å². The molecule has 3 aromatic rings. The van der Waals surface area contributed by atoms with Crippen molar-refractivity contribution < 1.29 is 24.8 Å². The minimum absolute atomic E-state index is 0.0265. The number of aliphatic hydroxyl groups excluding tert-OH is 2. The first-order valence-electron chi connectivity index (χ1n) is 12.9. The minimum atomic E-state index is -0.694. The number of phenols is 1. The van der Waals surface area contributed by atoms with Crippen LogP contribution in [0, 0.1) is 0 Å². The summed E-state index contributed by atoms with van der Waals surface area (Å²) in [6.45, 7) is 2.99. The van der Waals surface area contributed by atoms with Crippen LogP contribution >= 0.6 is 0 Å². The molecule has 0 amide bonds. The van der Waals surface area contributed by atoms with E-state index in [2.05, 4.69) is 15.3 Å². The van der Waals surface area contributed by atoms with Crippen LogP contribution in [-0.2, 0) is 22.7 Å². The average Bonchev–Trinajstić information content (AvgIpc) is 2.91. The number of unbranched alkanes of at least 4 members (excludes halogenated alkanes) is 3. The van der Waals surface area contributed by atoms with Gasteiger partial charge in [-0.15, -0.1) is 0 Å². The first kappa shape index (κ1) is 29.3. The van der Waals surface area contributed by atoms with Crippen LogP contribution in [0.1, 0.15) is 48.5 Å². The molecule has 38 heavy (non-hydrogen) atoms. The Hall–Kier alpha value is -3.28. The molecule has 6 N–H and O–H groups in total. The number of rotatable bonds is 17. The zero-order valence-electron chi connectivity index (χ0n) is 21.4. The Morgan fingerprint density at radius 2 is 1.76 bits per heavy atom. The summed E-state index contributed by atoms with van der Waals surface area (Å²) < 4.78 is 11.3. The molecule has 0 aliphatic carbocycles. The monoisotopic (exact) mass is 527 g/mol. The number of benzene rings is 2. The molecule has 206 valence electrons. The zero-order valence-corrected chi connectivity index (χ0v) is 21.4. The zero-order chi connectivity index (χ0) is 27.2. The lowest BCUT2D eigenvalue weighted by molar-refractivity contribution is 0.0393. The van der Waals surface area contributed by atoms with Crippen molar-refractivity contribution >= 4 is 0 Å². The third-order valence-corrected chi connectivity index (χ3v) is 6.09. The summed E-state index contributed by atoms with van der Waals surface area (Å²) in [6.07, 6.45) is 4.79. The second-order valence-corrected chi connectivity index (χ2v) is 9.03. The van der Waals surface area contributed by atoms with E-state index in [0.717, 1.165) is 37.8 Å². The maximum absolute atomic E-state index is 12.0. The van der Waals surface area contributed by atoms with E-state index in [9.17, 15) is 24.9 Å². The molecular weight excluding hydrogens is 490 g/mol. The van der Waals surface area contributed by atoms with Gasteiger partial charge in [-0.25, -0.2) is 4.79 Å². The molecule has 2 aromatic carbocycles. The van der Waals surface area contributed by atoms with Crippen molar-refractivity contribution in [1.29, 1.82) is 0 Å². The highest BCUT2D eigenvalue weighted by Gasteiger charge is 2.10. The lowest BCUT2D eigenvalue weighted by Gasteiger charge is -2.14. The Bertz CT molecular complexity index is 1240. The number of aliphatic hydroxyl groups is 2. The summed E-state index contributed by atoms with van der Waals surface area (Å²) in [4.78, 5) is 27.9. The maximum Gasteiger partial charge on any atom is 0.325 e. The number of ether oxygens (including phenoxy) is 2. The molecule has 0 radical (unpaired) electrons. The lowest BCUT2D eigenvalue weighted by Crippen LogP contribution is -2.22. The van der Waals surface area contributed by atoms with Crippen molar-refractivity contribution in [3.63, 3.8) is 0 Å². The van der Waals surface area contributed by atoms with Crippen LogP contribution in [0.2, 0.25) is 0 Å². The van der Waals surface area contributed by atoms with Crippen LogP contribution in [0.3, 0.4) is 0 Å². The van der Waals surface area contributed by atoms with Gasteiger partial charge in [-0.1, -0.05) is 37.1 Å². The first-order chi connectivity index (χ1) is 18.5. The Morgan fingerprint density at radius 3 is 2.58 bits per heavy atom. The van der Waals surface area contributed by atoms with Crippen molar-refractivity contribution in [2.75, 3.05) is 32.9 Å². The third kappa shape index (κ3) is 9.55. The Balaban J connectivity index is 1.18. The number of hydrogen-bond acceptors (Lipinski definition) is 8. The summed E-state index contributed by atoms with van der Waals surface area (Å²) in [5, 5.41) is 32.3. The Kier molecular flexibility index (Phi) is 12.2. The first-order valence-corrected chi connectivity index (χ1v) is 12.9. The molecule has 0 saturated heterocycles. The second-order valence-electron chi connectivity index (χ2n) is 9.03. The largest absolute Gasteiger partial charge is 0.508 e. The fraction of sp³-hybridized carbons (Fsp3) is 0.429. The quantitative estimate of drug-likeness (QED) is 0.146. The van der Waals surface area contributed by atoms with E-state index in [4.69, 9.17) is 9.47 Å². The number of H-pyrrole nitrogens is 2. The van der Waals surface area contributed by atoms with E-state index in [0.29, 0.717) is 55.2 Å². The van der Waals surface area contributed by atoms with Crippen molar-refractivity contribution in [2.45, 2.75) is 45.0 Å². The maximum atomic E-state index is 12.0. The van der Waals surface area contributed by atoms with Crippen molar-refractivity contribution in [1.82, 2.24) is 15.3 Å². The molecule has 1 aromatic heterocycles. The van der Waals surface area contributed by atoms with Crippen LogP contribution in [0.4, 0.5) is 0 Å². The molecule has 0 aliphatic heterocycles. The molecule has 1 atom stereocenters. The van der Waals surface area contributed by atoms with E-state index in [1.807, 2.05) is 18.2 Å². The fourth-order valence-electron chi connectivity index (χ4n) is 3.97. The topological polar surface area (TPSA) is 157 Å². The molecule has 0 saturated carbocycles. The second kappa shape index (κ2) is 15.9. The number of hydrogen-bond donors (Lipinski definition) is 6. The molecule has 0 unspecified atom stereocenters. The molecule has 1 heterocycles. The molecule has 0 spiro atoms. The molecule has 0 aliphatic rings. The number of aromatic nitrogens is 2. The van der Waals surface area contributed by atoms with Gasteiger partial charge in [0.1, 0.15) is 5.75 Å². The van der Waals surface area contributed by atoms with Gasteiger partial charge in [0.05, 0.1) is 38.1 Å². The van der Waals surface area contributed by atoms with E-state index in [1.54, 1.807) is 18.2 Å². The van der Waals surface area contributed by atoms with Crippen molar-refractivity contribution in [2.24, 2.45) is 0 Å². The molecule has 0 bridgehead atoms. The van der Waals surface area contributed by atoms with Crippen LogP contribution < -0.4 is 16.6 Å². The molecule has 10 heteroatoms. The highest BCUT2D eigenvalue weighted by atomic mass is 16.5. The van der Waals surface area contributed by atoms with Crippen LogP contribution in [0.15, 0.2) is 58.3 Å². The summed E-state index contributed by atoms with van der Waals surface area (Å²) in [5.74, 6) is 0.0265. The van der Waals surface area contributed by atoms with Gasteiger partial charge in [0, 0.05) is 24.9 Å². The number of nitrogens with one attached hydrogen (secondary N) is 3. The number of aromatic amines is 2. The Morgan fingerprint density at radius 1 is 0.947 bits per heavy atom. The molecular formula is C28H37N3O7. The highest BCUT2D eigenvalue weighted by Crippen LogP contribution is 2.22. The van der Waals surface area contributed by atoms with Crippen LogP contribution in [0.25, 0.3) is 11.1 Å². The normalized spacial score (nSPS) is 12.1. The smallest absolute Gasteiger partial charge is 0.325 e. The van der Waals surface area contributed by atoms with Gasteiger partial charge < -0.3 is 35.1 Å². The van der Waals surface area contributed by atoms with Crippen LogP contribution in [-0.4, -0.2) is 58.2 Å². The minimum Gasteiger partial charge on any atom is -0.508 e.